The second kappa shape index (κ2) is 10.8. The number of halogens is 1. The number of nitrogens with zero attached hydrogens (tertiary/aromatic N) is 2. The van der Waals surface area contributed by atoms with Crippen LogP contribution in [0.5, 0.6) is 0 Å². The largest absolute Gasteiger partial charge is 0.480 e. The Morgan fingerprint density at radius 3 is 2.33 bits per heavy atom. The number of benzene rings is 2. The summed E-state index contributed by atoms with van der Waals surface area (Å²) in [6.45, 7) is 0.800. The average molecular weight is 467 g/mol. The van der Waals surface area contributed by atoms with Gasteiger partial charge in [0.25, 0.3) is 5.56 Å². The predicted molar refractivity (Wildman–Crippen MR) is 128 cm³/mol. The smallest absolute Gasteiger partial charge is 0.329 e. The van der Waals surface area contributed by atoms with Crippen LogP contribution in [0, 0.1) is 11.8 Å². The molecule has 4 rings (SSSR count). The van der Waals surface area contributed by atoms with Gasteiger partial charge in [0, 0.05) is 28.8 Å². The molecule has 0 amide bonds. The molecular formula is C26H27ClN2O4. The quantitative estimate of drug-likeness (QED) is 0.497. The van der Waals surface area contributed by atoms with Crippen molar-refractivity contribution in [2.24, 2.45) is 11.8 Å². The van der Waals surface area contributed by atoms with Gasteiger partial charge in [0.05, 0.1) is 12.3 Å². The van der Waals surface area contributed by atoms with E-state index in [1.54, 1.807) is 10.7 Å². The zero-order valence-corrected chi connectivity index (χ0v) is 19.1. The van der Waals surface area contributed by atoms with Crippen LogP contribution in [0.3, 0.4) is 0 Å². The summed E-state index contributed by atoms with van der Waals surface area (Å²) < 4.78 is 6.85. The molecule has 1 N–H and O–H groups in total. The van der Waals surface area contributed by atoms with Crippen LogP contribution >= 0.6 is 11.6 Å². The summed E-state index contributed by atoms with van der Waals surface area (Å²) >= 11 is 6.06. The lowest BCUT2D eigenvalue weighted by Crippen LogP contribution is -2.29. The first-order valence-electron chi connectivity index (χ1n) is 11.2. The summed E-state index contributed by atoms with van der Waals surface area (Å²) in [6, 6.07) is 19.0. The van der Waals surface area contributed by atoms with Crippen molar-refractivity contribution >= 4 is 17.6 Å². The van der Waals surface area contributed by atoms with E-state index in [-0.39, 0.29) is 12.2 Å². The van der Waals surface area contributed by atoms with Crippen LogP contribution in [0.2, 0.25) is 5.02 Å². The molecule has 2 aromatic carbocycles. The lowest BCUT2D eigenvalue weighted by atomic mass is 9.82. The molecule has 172 valence electrons. The van der Waals surface area contributed by atoms with Gasteiger partial charge in [0.2, 0.25) is 0 Å². The van der Waals surface area contributed by atoms with Gasteiger partial charge in [0.15, 0.2) is 0 Å². The monoisotopic (exact) mass is 466 g/mol. The van der Waals surface area contributed by atoms with Crippen LogP contribution in [-0.4, -0.2) is 34.1 Å². The number of aliphatic carboxylic acids is 1. The highest BCUT2D eigenvalue weighted by Crippen LogP contribution is 2.32. The fourth-order valence-electron chi connectivity index (χ4n) is 4.42. The van der Waals surface area contributed by atoms with Gasteiger partial charge in [-0.2, -0.15) is 5.10 Å². The lowest BCUT2D eigenvalue weighted by molar-refractivity contribution is -0.142. The number of rotatable bonds is 8. The zero-order chi connectivity index (χ0) is 23.2. The summed E-state index contributed by atoms with van der Waals surface area (Å²) in [5.74, 6) is -0.209. The number of carboxylic acid groups (broad SMARTS) is 1. The van der Waals surface area contributed by atoms with Crippen LogP contribution in [-0.2, 0) is 16.1 Å². The highest BCUT2D eigenvalue weighted by molar-refractivity contribution is 6.30. The van der Waals surface area contributed by atoms with E-state index in [0.29, 0.717) is 30.0 Å². The van der Waals surface area contributed by atoms with E-state index in [2.05, 4.69) is 0 Å². The Kier molecular flexibility index (Phi) is 7.57. The van der Waals surface area contributed by atoms with Crippen molar-refractivity contribution in [2.45, 2.75) is 32.2 Å². The maximum atomic E-state index is 13.0. The molecule has 0 aliphatic heterocycles. The molecule has 1 aromatic heterocycles. The molecule has 0 atom stereocenters. The Bertz CT molecular complexity index is 1140. The Morgan fingerprint density at radius 1 is 1.00 bits per heavy atom. The maximum absolute atomic E-state index is 13.0. The van der Waals surface area contributed by atoms with E-state index < -0.39 is 5.97 Å². The Labute approximate surface area is 197 Å². The Balaban J connectivity index is 1.53. The van der Waals surface area contributed by atoms with Crippen LogP contribution in [0.15, 0.2) is 65.5 Å². The van der Waals surface area contributed by atoms with E-state index in [0.717, 1.165) is 48.1 Å². The standard InChI is InChI=1S/C26H27ClN2O4/c27-22-12-10-20(11-13-22)23-14-24(30)29(28-26(23)21-4-2-1-3-5-21)15-18-6-8-19(9-7-18)16-33-17-25(31)32/h1-5,10-14,18-19H,6-9,15-17H2,(H,31,32)/t18-,19-. The minimum absolute atomic E-state index is 0.119. The molecule has 0 bridgehead atoms. The summed E-state index contributed by atoms with van der Waals surface area (Å²) in [4.78, 5) is 23.6. The molecule has 6 nitrogen and oxygen atoms in total. The van der Waals surface area contributed by atoms with E-state index in [9.17, 15) is 9.59 Å². The third-order valence-electron chi connectivity index (χ3n) is 6.18. The predicted octanol–water partition coefficient (Wildman–Crippen LogP) is 5.14. The van der Waals surface area contributed by atoms with E-state index in [4.69, 9.17) is 26.5 Å². The molecule has 1 saturated carbocycles. The summed E-state index contributed by atoms with van der Waals surface area (Å²) in [7, 11) is 0. The lowest BCUT2D eigenvalue weighted by Gasteiger charge is -2.28. The molecule has 3 aromatic rings. The summed E-state index contributed by atoms with van der Waals surface area (Å²) in [6.07, 6.45) is 3.87. The van der Waals surface area contributed by atoms with Gasteiger partial charge in [-0.05, 0) is 55.2 Å². The number of aromatic nitrogens is 2. The van der Waals surface area contributed by atoms with Crippen LogP contribution < -0.4 is 5.56 Å². The minimum atomic E-state index is -0.939. The van der Waals surface area contributed by atoms with E-state index in [1.165, 1.54) is 0 Å². The molecule has 1 aliphatic carbocycles. The van der Waals surface area contributed by atoms with Crippen molar-refractivity contribution in [1.82, 2.24) is 9.78 Å². The Hall–Kier alpha value is -2.96. The van der Waals surface area contributed by atoms with Crippen molar-refractivity contribution in [1.29, 1.82) is 0 Å². The number of hydrogen-bond acceptors (Lipinski definition) is 4. The molecule has 1 fully saturated rings. The van der Waals surface area contributed by atoms with Crippen molar-refractivity contribution < 1.29 is 14.6 Å². The highest BCUT2D eigenvalue weighted by Gasteiger charge is 2.23. The summed E-state index contributed by atoms with van der Waals surface area (Å²) in [5.41, 5.74) is 3.30. The van der Waals surface area contributed by atoms with Gasteiger partial charge >= 0.3 is 5.97 Å². The fourth-order valence-corrected chi connectivity index (χ4v) is 4.54. The number of ether oxygens (including phenoxy) is 1. The summed E-state index contributed by atoms with van der Waals surface area (Å²) in [5, 5.41) is 14.2. The minimum Gasteiger partial charge on any atom is -0.480 e. The van der Waals surface area contributed by atoms with Gasteiger partial charge in [-0.15, -0.1) is 0 Å². The van der Waals surface area contributed by atoms with Crippen molar-refractivity contribution in [3.05, 3.63) is 76.0 Å². The van der Waals surface area contributed by atoms with E-state index in [1.807, 2.05) is 54.6 Å². The molecule has 33 heavy (non-hydrogen) atoms. The first kappa shape index (κ1) is 23.2. The van der Waals surface area contributed by atoms with Crippen LogP contribution in [0.25, 0.3) is 22.4 Å². The third kappa shape index (κ3) is 6.09. The molecule has 7 heteroatoms. The first-order valence-corrected chi connectivity index (χ1v) is 11.6. The van der Waals surface area contributed by atoms with Gasteiger partial charge in [-0.25, -0.2) is 9.48 Å². The molecule has 0 radical (unpaired) electrons. The molecule has 0 unspecified atom stereocenters. The SMILES string of the molecule is O=C(O)COC[C@H]1CC[C@H](Cn2nc(-c3ccccc3)c(-c3ccc(Cl)cc3)cc2=O)CC1. The third-order valence-corrected chi connectivity index (χ3v) is 6.43. The number of carbonyl (C=O) groups is 1. The normalized spacial score (nSPS) is 18.2. The molecule has 1 heterocycles. The highest BCUT2D eigenvalue weighted by atomic mass is 35.5. The van der Waals surface area contributed by atoms with Gasteiger partial charge < -0.3 is 9.84 Å². The average Bonchev–Trinajstić information content (AvgIpc) is 2.82. The van der Waals surface area contributed by atoms with E-state index >= 15 is 0 Å². The molecule has 0 saturated heterocycles. The van der Waals surface area contributed by atoms with Crippen molar-refractivity contribution in [3.8, 4) is 22.4 Å². The zero-order valence-electron chi connectivity index (χ0n) is 18.3. The maximum Gasteiger partial charge on any atom is 0.329 e. The van der Waals surface area contributed by atoms with Crippen LogP contribution in [0.1, 0.15) is 25.7 Å². The first-order chi connectivity index (χ1) is 16.0. The molecule has 1 aliphatic rings. The fraction of sp³-hybridized carbons (Fsp3) is 0.346. The Morgan fingerprint density at radius 2 is 1.67 bits per heavy atom. The second-order valence-corrected chi connectivity index (χ2v) is 9.03. The molecule has 0 spiro atoms. The van der Waals surface area contributed by atoms with Gasteiger partial charge in [-0.3, -0.25) is 4.79 Å². The van der Waals surface area contributed by atoms with Gasteiger partial charge in [0.1, 0.15) is 6.61 Å². The topological polar surface area (TPSA) is 81.4 Å². The number of hydrogen-bond donors (Lipinski definition) is 1. The second-order valence-electron chi connectivity index (χ2n) is 8.60. The van der Waals surface area contributed by atoms with Crippen molar-refractivity contribution in [3.63, 3.8) is 0 Å². The van der Waals surface area contributed by atoms with Crippen LogP contribution in [0.4, 0.5) is 0 Å². The molecular weight excluding hydrogens is 440 g/mol. The number of carboxylic acids is 1. The van der Waals surface area contributed by atoms with Crippen molar-refractivity contribution in [2.75, 3.05) is 13.2 Å². The van der Waals surface area contributed by atoms with Gasteiger partial charge in [-0.1, -0.05) is 54.1 Å².